The summed E-state index contributed by atoms with van der Waals surface area (Å²) in [5, 5.41) is 15.4. The van der Waals surface area contributed by atoms with Crippen LogP contribution in [0.4, 0.5) is 5.69 Å². The molecule has 3 amide bonds. The van der Waals surface area contributed by atoms with E-state index < -0.39 is 22.8 Å². The van der Waals surface area contributed by atoms with Crippen LogP contribution in [0.15, 0.2) is 24.3 Å². The number of likely N-dealkylation sites (tertiary alicyclic amines) is 1. The molecule has 1 aliphatic carbocycles. The lowest BCUT2D eigenvalue weighted by atomic mass is 9.80. The molecule has 2 heterocycles. The molecule has 2 aliphatic heterocycles. The van der Waals surface area contributed by atoms with Crippen LogP contribution in [0.25, 0.3) is 0 Å². The van der Waals surface area contributed by atoms with Crippen molar-refractivity contribution in [2.24, 2.45) is 5.41 Å². The minimum Gasteiger partial charge on any atom is -0.352 e. The summed E-state index contributed by atoms with van der Waals surface area (Å²) in [7, 11) is 0. The van der Waals surface area contributed by atoms with Crippen LogP contribution >= 0.6 is 0 Å². The Kier molecular flexibility index (Phi) is 3.77. The molecule has 4 rings (SSSR count). The van der Waals surface area contributed by atoms with Gasteiger partial charge in [-0.25, -0.2) is 0 Å². The molecule has 0 aromatic heterocycles. The predicted molar refractivity (Wildman–Crippen MR) is 97.4 cm³/mol. The third-order valence-electron chi connectivity index (χ3n) is 5.91. The van der Waals surface area contributed by atoms with Crippen molar-refractivity contribution in [1.82, 2.24) is 10.2 Å². The van der Waals surface area contributed by atoms with E-state index in [4.69, 9.17) is 0 Å². The van der Waals surface area contributed by atoms with Gasteiger partial charge in [0.15, 0.2) is 0 Å². The largest absolute Gasteiger partial charge is 0.352 e. The Labute approximate surface area is 157 Å². The van der Waals surface area contributed by atoms with Crippen LogP contribution < -0.4 is 10.6 Å². The number of hydrogen-bond donors (Lipinski definition) is 2. The summed E-state index contributed by atoms with van der Waals surface area (Å²) in [5.74, 6) is -0.940. The first-order valence-corrected chi connectivity index (χ1v) is 9.22. The highest BCUT2D eigenvalue weighted by molar-refractivity contribution is 6.09. The highest BCUT2D eigenvalue weighted by Gasteiger charge is 2.57. The fraction of sp³-hybridized carbons (Fsp3) is 0.500. The van der Waals surface area contributed by atoms with E-state index in [0.717, 1.165) is 24.1 Å². The fourth-order valence-corrected chi connectivity index (χ4v) is 4.02. The highest BCUT2D eigenvalue weighted by atomic mass is 16.2. The zero-order chi connectivity index (χ0) is 19.4. The summed E-state index contributed by atoms with van der Waals surface area (Å²) in [6, 6.07) is 8.92. The maximum atomic E-state index is 13.2. The number of nitriles is 1. The van der Waals surface area contributed by atoms with Gasteiger partial charge in [0.2, 0.25) is 17.7 Å². The van der Waals surface area contributed by atoms with Crippen LogP contribution in [0.3, 0.4) is 0 Å². The average Bonchev–Trinajstić information content (AvgIpc) is 3.31. The molecular formula is C20H22N4O3. The number of carbonyl (C=O) groups excluding carboxylic acids is 3. The summed E-state index contributed by atoms with van der Waals surface area (Å²) in [6.45, 7) is 3.26. The molecule has 2 fully saturated rings. The van der Waals surface area contributed by atoms with E-state index in [9.17, 15) is 19.6 Å². The standard InChI is InChI=1S/C20H22N4O3/c1-19(2,16(25)22-12-7-8-12)18(27)24-11-20(9-13(24)10-21)14-5-3-4-6-15(14)23-17(20)26/h3-6,12-13H,7-9,11H2,1-2H3,(H,22,25)(H,23,26)/t13-,20-/m0/s1. The van der Waals surface area contributed by atoms with Gasteiger partial charge in [-0.15, -0.1) is 0 Å². The van der Waals surface area contributed by atoms with Crippen molar-refractivity contribution < 1.29 is 14.4 Å². The van der Waals surface area contributed by atoms with Crippen molar-refractivity contribution in [3.8, 4) is 6.07 Å². The lowest BCUT2D eigenvalue weighted by Gasteiger charge is -2.30. The lowest BCUT2D eigenvalue weighted by molar-refractivity contribution is -0.148. The minimum absolute atomic E-state index is 0.104. The van der Waals surface area contributed by atoms with E-state index in [1.807, 2.05) is 24.3 Å². The molecule has 1 spiro atoms. The molecule has 3 aliphatic rings. The van der Waals surface area contributed by atoms with Gasteiger partial charge in [0, 0.05) is 24.7 Å². The molecule has 27 heavy (non-hydrogen) atoms. The first-order chi connectivity index (χ1) is 12.8. The number of para-hydroxylation sites is 1. The summed E-state index contributed by atoms with van der Waals surface area (Å²) < 4.78 is 0. The number of carbonyl (C=O) groups is 3. The second kappa shape index (κ2) is 5.81. The van der Waals surface area contributed by atoms with Crippen LogP contribution in [0, 0.1) is 16.7 Å². The van der Waals surface area contributed by atoms with Gasteiger partial charge in [-0.05, 0) is 38.3 Å². The van der Waals surface area contributed by atoms with Crippen molar-refractivity contribution in [2.45, 2.75) is 50.6 Å². The van der Waals surface area contributed by atoms with E-state index in [-0.39, 0.29) is 30.8 Å². The average molecular weight is 366 g/mol. The molecule has 1 aromatic rings. The molecular weight excluding hydrogens is 344 g/mol. The van der Waals surface area contributed by atoms with Gasteiger partial charge < -0.3 is 15.5 Å². The van der Waals surface area contributed by atoms with Gasteiger partial charge >= 0.3 is 0 Å². The number of anilines is 1. The van der Waals surface area contributed by atoms with Gasteiger partial charge in [-0.1, -0.05) is 18.2 Å². The Hall–Kier alpha value is -2.88. The number of nitrogens with zero attached hydrogens (tertiary/aromatic N) is 2. The van der Waals surface area contributed by atoms with Crippen LogP contribution in [-0.2, 0) is 19.8 Å². The SMILES string of the molecule is CC(C)(C(=O)NC1CC1)C(=O)N1C[C@]2(C[C@H]1C#N)C(=O)Nc1ccccc12. The van der Waals surface area contributed by atoms with Crippen LogP contribution in [0.1, 0.15) is 38.7 Å². The topological polar surface area (TPSA) is 102 Å². The number of amides is 3. The van der Waals surface area contributed by atoms with Crippen LogP contribution in [-0.4, -0.2) is 41.2 Å². The molecule has 1 saturated heterocycles. The quantitative estimate of drug-likeness (QED) is 0.787. The van der Waals surface area contributed by atoms with E-state index in [1.165, 1.54) is 4.90 Å². The second-order valence-corrected chi connectivity index (χ2v) is 8.24. The minimum atomic E-state index is -1.29. The second-order valence-electron chi connectivity index (χ2n) is 8.24. The van der Waals surface area contributed by atoms with E-state index in [1.54, 1.807) is 13.8 Å². The van der Waals surface area contributed by atoms with Gasteiger partial charge in [-0.2, -0.15) is 5.26 Å². The lowest BCUT2D eigenvalue weighted by Crippen LogP contribution is -2.52. The number of rotatable bonds is 3. The Morgan fingerprint density at radius 2 is 2.04 bits per heavy atom. The fourth-order valence-electron chi connectivity index (χ4n) is 4.02. The highest BCUT2D eigenvalue weighted by Crippen LogP contribution is 2.47. The summed E-state index contributed by atoms with van der Waals surface area (Å²) >= 11 is 0. The van der Waals surface area contributed by atoms with Crippen LogP contribution in [0.5, 0.6) is 0 Å². The zero-order valence-corrected chi connectivity index (χ0v) is 15.4. The smallest absolute Gasteiger partial charge is 0.238 e. The molecule has 2 atom stereocenters. The Bertz CT molecular complexity index is 883. The van der Waals surface area contributed by atoms with Crippen molar-refractivity contribution in [3.05, 3.63) is 29.8 Å². The third-order valence-corrected chi connectivity index (χ3v) is 5.91. The normalized spacial score (nSPS) is 26.5. The summed E-state index contributed by atoms with van der Waals surface area (Å²) in [4.78, 5) is 40.0. The first kappa shape index (κ1) is 17.5. The molecule has 7 nitrogen and oxygen atoms in total. The van der Waals surface area contributed by atoms with Gasteiger partial charge in [-0.3, -0.25) is 14.4 Å². The Morgan fingerprint density at radius 1 is 1.33 bits per heavy atom. The molecule has 1 saturated carbocycles. The van der Waals surface area contributed by atoms with Crippen molar-refractivity contribution >= 4 is 23.4 Å². The molecule has 0 radical (unpaired) electrons. The van der Waals surface area contributed by atoms with Crippen molar-refractivity contribution in [2.75, 3.05) is 11.9 Å². The Morgan fingerprint density at radius 3 is 2.70 bits per heavy atom. The molecule has 0 bridgehead atoms. The van der Waals surface area contributed by atoms with Crippen molar-refractivity contribution in [3.63, 3.8) is 0 Å². The molecule has 140 valence electrons. The number of nitrogens with one attached hydrogen (secondary N) is 2. The number of fused-ring (bicyclic) bond motifs is 2. The summed E-state index contributed by atoms with van der Waals surface area (Å²) in [5.41, 5.74) is -0.696. The van der Waals surface area contributed by atoms with Gasteiger partial charge in [0.25, 0.3) is 0 Å². The maximum absolute atomic E-state index is 13.2. The van der Waals surface area contributed by atoms with E-state index >= 15 is 0 Å². The predicted octanol–water partition coefficient (Wildman–Crippen LogP) is 1.31. The van der Waals surface area contributed by atoms with E-state index in [0.29, 0.717) is 0 Å². The van der Waals surface area contributed by atoms with E-state index in [2.05, 4.69) is 16.7 Å². The van der Waals surface area contributed by atoms with Gasteiger partial charge in [0.05, 0.1) is 11.5 Å². The van der Waals surface area contributed by atoms with Crippen molar-refractivity contribution in [1.29, 1.82) is 5.26 Å². The molecule has 2 N–H and O–H groups in total. The number of hydrogen-bond acceptors (Lipinski definition) is 4. The summed E-state index contributed by atoms with van der Waals surface area (Å²) in [6.07, 6.45) is 2.10. The third kappa shape index (κ3) is 2.59. The molecule has 1 aromatic carbocycles. The maximum Gasteiger partial charge on any atom is 0.238 e. The zero-order valence-electron chi connectivity index (χ0n) is 15.4. The molecule has 0 unspecified atom stereocenters. The Balaban J connectivity index is 1.64. The van der Waals surface area contributed by atoms with Gasteiger partial charge in [0.1, 0.15) is 11.5 Å². The van der Waals surface area contributed by atoms with Crippen LogP contribution in [0.2, 0.25) is 0 Å². The first-order valence-electron chi connectivity index (χ1n) is 9.22. The molecule has 7 heteroatoms. The monoisotopic (exact) mass is 366 g/mol. The number of benzene rings is 1.